The summed E-state index contributed by atoms with van der Waals surface area (Å²) in [6.45, 7) is 6.67. The molecule has 0 atom stereocenters. The van der Waals surface area contributed by atoms with Crippen molar-refractivity contribution in [1.29, 1.82) is 0 Å². The summed E-state index contributed by atoms with van der Waals surface area (Å²) in [7, 11) is -3.50. The molecule has 1 aromatic rings. The van der Waals surface area contributed by atoms with Gasteiger partial charge in [-0.25, -0.2) is 8.42 Å². The van der Waals surface area contributed by atoms with Crippen molar-refractivity contribution in [2.24, 2.45) is 0 Å². The molecule has 0 aromatic heterocycles. The second kappa shape index (κ2) is 6.59. The highest BCUT2D eigenvalue weighted by atomic mass is 35.5. The van der Waals surface area contributed by atoms with Crippen molar-refractivity contribution in [1.82, 2.24) is 4.31 Å². The van der Waals surface area contributed by atoms with Gasteiger partial charge in [-0.1, -0.05) is 25.4 Å². The molecule has 0 aliphatic carbocycles. The highest BCUT2D eigenvalue weighted by molar-refractivity contribution is 7.89. The fourth-order valence-corrected chi connectivity index (χ4v) is 4.02. The van der Waals surface area contributed by atoms with Crippen molar-refractivity contribution in [2.75, 3.05) is 18.8 Å². The maximum atomic E-state index is 12.6. The molecule has 0 unspecified atom stereocenters. The number of benzene rings is 1. The summed E-state index contributed by atoms with van der Waals surface area (Å²) in [6.07, 6.45) is 1.56. The number of aryl methyl sites for hydroxylation is 1. The van der Waals surface area contributed by atoms with Crippen LogP contribution in [0.3, 0.4) is 0 Å². The number of nitrogens with zero attached hydrogens (tertiary/aromatic N) is 1. The molecule has 108 valence electrons. The number of anilines is 1. The van der Waals surface area contributed by atoms with Gasteiger partial charge in [0.25, 0.3) is 0 Å². The molecule has 0 radical (unpaired) electrons. The van der Waals surface area contributed by atoms with Crippen molar-refractivity contribution in [2.45, 2.75) is 38.5 Å². The quantitative estimate of drug-likeness (QED) is 0.822. The highest BCUT2D eigenvalue weighted by Gasteiger charge is 2.25. The third-order valence-corrected chi connectivity index (χ3v) is 5.23. The van der Waals surface area contributed by atoms with Crippen LogP contribution in [0.1, 0.15) is 32.3 Å². The van der Waals surface area contributed by atoms with E-state index in [1.54, 1.807) is 13.0 Å². The van der Waals surface area contributed by atoms with Gasteiger partial charge < -0.3 is 5.73 Å². The lowest BCUT2D eigenvalue weighted by Crippen LogP contribution is -2.33. The predicted molar refractivity (Wildman–Crippen MR) is 79.9 cm³/mol. The van der Waals surface area contributed by atoms with Gasteiger partial charge in [0.05, 0.1) is 15.6 Å². The molecule has 0 heterocycles. The molecule has 1 aromatic carbocycles. The molecule has 0 fully saturated rings. The van der Waals surface area contributed by atoms with Crippen LogP contribution in [0.5, 0.6) is 0 Å². The minimum atomic E-state index is -3.50. The van der Waals surface area contributed by atoms with E-state index in [0.717, 1.165) is 12.8 Å². The molecule has 0 saturated heterocycles. The van der Waals surface area contributed by atoms with Crippen LogP contribution in [-0.4, -0.2) is 25.8 Å². The minimum absolute atomic E-state index is 0.247. The molecular weight excluding hydrogens is 284 g/mol. The van der Waals surface area contributed by atoms with E-state index in [4.69, 9.17) is 17.3 Å². The van der Waals surface area contributed by atoms with Gasteiger partial charge >= 0.3 is 0 Å². The van der Waals surface area contributed by atoms with Gasteiger partial charge in [0, 0.05) is 13.1 Å². The Morgan fingerprint density at radius 2 is 1.74 bits per heavy atom. The summed E-state index contributed by atoms with van der Waals surface area (Å²) >= 11 is 5.90. The van der Waals surface area contributed by atoms with Crippen LogP contribution in [0.25, 0.3) is 0 Å². The molecule has 0 aliphatic heterocycles. The SMILES string of the molecule is CCCN(CCC)S(=O)(=O)c1cc(N)c(Cl)cc1C. The van der Waals surface area contributed by atoms with Crippen LogP contribution in [0.2, 0.25) is 5.02 Å². The van der Waals surface area contributed by atoms with Crippen LogP contribution >= 0.6 is 11.6 Å². The lowest BCUT2D eigenvalue weighted by molar-refractivity contribution is 0.409. The average molecular weight is 305 g/mol. The average Bonchev–Trinajstić information content (AvgIpc) is 2.33. The number of hydrogen-bond acceptors (Lipinski definition) is 3. The van der Waals surface area contributed by atoms with Crippen LogP contribution < -0.4 is 5.73 Å². The molecular formula is C13H21ClN2O2S. The minimum Gasteiger partial charge on any atom is -0.397 e. The lowest BCUT2D eigenvalue weighted by atomic mass is 10.2. The van der Waals surface area contributed by atoms with Gasteiger partial charge in [0.15, 0.2) is 0 Å². The van der Waals surface area contributed by atoms with Crippen molar-refractivity contribution >= 4 is 27.3 Å². The van der Waals surface area contributed by atoms with Gasteiger partial charge in [0.2, 0.25) is 10.0 Å². The lowest BCUT2D eigenvalue weighted by Gasteiger charge is -2.22. The van der Waals surface area contributed by atoms with Crippen LogP contribution in [0.15, 0.2) is 17.0 Å². The van der Waals surface area contributed by atoms with Gasteiger partial charge in [0.1, 0.15) is 0 Å². The number of nitrogens with two attached hydrogens (primary N) is 1. The third-order valence-electron chi connectivity index (χ3n) is 2.86. The van der Waals surface area contributed by atoms with E-state index in [9.17, 15) is 8.42 Å². The normalized spacial score (nSPS) is 12.1. The maximum absolute atomic E-state index is 12.6. The van der Waals surface area contributed by atoms with E-state index in [2.05, 4.69) is 0 Å². The summed E-state index contributed by atoms with van der Waals surface area (Å²) in [5.74, 6) is 0. The van der Waals surface area contributed by atoms with Gasteiger partial charge in [-0.2, -0.15) is 4.31 Å². The van der Waals surface area contributed by atoms with E-state index in [0.29, 0.717) is 29.4 Å². The Morgan fingerprint density at radius 3 is 2.21 bits per heavy atom. The first-order valence-corrected chi connectivity index (χ1v) is 8.22. The summed E-state index contributed by atoms with van der Waals surface area (Å²) < 4.78 is 26.8. The number of rotatable bonds is 6. The molecule has 19 heavy (non-hydrogen) atoms. The van der Waals surface area contributed by atoms with Crippen molar-refractivity contribution in [3.05, 3.63) is 22.7 Å². The van der Waals surface area contributed by atoms with Crippen LogP contribution in [0.4, 0.5) is 5.69 Å². The topological polar surface area (TPSA) is 63.4 Å². The monoisotopic (exact) mass is 304 g/mol. The Hall–Kier alpha value is -0.780. The molecule has 0 aliphatic rings. The van der Waals surface area contributed by atoms with Gasteiger partial charge in [-0.05, 0) is 37.5 Å². The molecule has 6 heteroatoms. The van der Waals surface area contributed by atoms with E-state index in [1.165, 1.54) is 10.4 Å². The first-order valence-electron chi connectivity index (χ1n) is 6.40. The van der Waals surface area contributed by atoms with Crippen LogP contribution in [0, 0.1) is 6.92 Å². The Morgan fingerprint density at radius 1 is 1.21 bits per heavy atom. The number of halogens is 1. The molecule has 4 nitrogen and oxygen atoms in total. The fourth-order valence-electron chi connectivity index (χ4n) is 1.94. The predicted octanol–water partition coefficient (Wildman–Crippen LogP) is 3.04. The van der Waals surface area contributed by atoms with E-state index < -0.39 is 10.0 Å². The molecule has 0 saturated carbocycles. The zero-order valence-corrected chi connectivity index (χ0v) is 13.2. The molecule has 0 bridgehead atoms. The molecule has 0 amide bonds. The molecule has 1 rings (SSSR count). The number of sulfonamides is 1. The Balaban J connectivity index is 3.28. The second-order valence-electron chi connectivity index (χ2n) is 4.54. The van der Waals surface area contributed by atoms with Crippen LogP contribution in [-0.2, 0) is 10.0 Å². The van der Waals surface area contributed by atoms with Crippen molar-refractivity contribution in [3.8, 4) is 0 Å². The number of hydrogen-bond donors (Lipinski definition) is 1. The summed E-state index contributed by atoms with van der Waals surface area (Å²) in [5, 5.41) is 0.383. The summed E-state index contributed by atoms with van der Waals surface area (Å²) in [5.41, 5.74) is 6.63. The summed E-state index contributed by atoms with van der Waals surface area (Å²) in [6, 6.07) is 3.05. The smallest absolute Gasteiger partial charge is 0.243 e. The van der Waals surface area contributed by atoms with Gasteiger partial charge in [-0.15, -0.1) is 0 Å². The second-order valence-corrected chi connectivity index (χ2v) is 6.86. The third kappa shape index (κ3) is 3.61. The maximum Gasteiger partial charge on any atom is 0.243 e. The number of nitrogen functional groups attached to an aromatic ring is 1. The Kier molecular flexibility index (Phi) is 5.64. The fraction of sp³-hybridized carbons (Fsp3) is 0.538. The van der Waals surface area contributed by atoms with E-state index in [1.807, 2.05) is 13.8 Å². The molecule has 0 spiro atoms. The Labute approximate surface area is 120 Å². The van der Waals surface area contributed by atoms with E-state index >= 15 is 0 Å². The zero-order chi connectivity index (χ0) is 14.6. The summed E-state index contributed by atoms with van der Waals surface area (Å²) in [4.78, 5) is 0.247. The zero-order valence-electron chi connectivity index (χ0n) is 11.6. The first kappa shape index (κ1) is 16.3. The largest absolute Gasteiger partial charge is 0.397 e. The standard InChI is InChI=1S/C13H21ClN2O2S/c1-4-6-16(7-5-2)19(17,18)13-9-12(15)11(14)8-10(13)3/h8-9H,4-7,15H2,1-3H3. The Bertz CT molecular complexity index is 538. The van der Waals surface area contributed by atoms with Crippen molar-refractivity contribution in [3.63, 3.8) is 0 Å². The van der Waals surface area contributed by atoms with E-state index in [-0.39, 0.29) is 4.90 Å². The first-order chi connectivity index (χ1) is 8.84. The van der Waals surface area contributed by atoms with Gasteiger partial charge in [-0.3, -0.25) is 0 Å². The highest BCUT2D eigenvalue weighted by Crippen LogP contribution is 2.28. The molecule has 2 N–H and O–H groups in total. The van der Waals surface area contributed by atoms with Crippen molar-refractivity contribution < 1.29 is 8.42 Å².